The van der Waals surface area contributed by atoms with Crippen molar-refractivity contribution in [1.82, 2.24) is 4.98 Å². The Bertz CT molecular complexity index is 922. The molecule has 3 heterocycles. The number of benzene rings is 1. The first-order chi connectivity index (χ1) is 11.5. The number of amides is 1. The van der Waals surface area contributed by atoms with Gasteiger partial charge in [0.05, 0.1) is 34.0 Å². The summed E-state index contributed by atoms with van der Waals surface area (Å²) in [7, 11) is -2.69. The van der Waals surface area contributed by atoms with E-state index in [4.69, 9.17) is 9.47 Å². The Morgan fingerprint density at radius 1 is 1.33 bits per heavy atom. The van der Waals surface area contributed by atoms with Crippen molar-refractivity contribution in [3.05, 3.63) is 45.9 Å². The fourth-order valence-corrected chi connectivity index (χ4v) is 5.93. The van der Waals surface area contributed by atoms with Crippen LogP contribution in [0.25, 0.3) is 0 Å². The smallest absolute Gasteiger partial charge is 0.297 e. The van der Waals surface area contributed by atoms with Gasteiger partial charge in [-0.25, -0.2) is 9.19 Å². The van der Waals surface area contributed by atoms with Gasteiger partial charge in [0.2, 0.25) is 5.79 Å². The van der Waals surface area contributed by atoms with Gasteiger partial charge in [0.1, 0.15) is 4.88 Å². The van der Waals surface area contributed by atoms with Crippen LogP contribution in [0.2, 0.25) is 0 Å². The molecule has 1 atom stereocenters. The third-order valence-electron chi connectivity index (χ3n) is 4.14. The Balaban J connectivity index is 1.66. The first-order valence-corrected chi connectivity index (χ1v) is 10.1. The van der Waals surface area contributed by atoms with E-state index in [0.717, 1.165) is 5.56 Å². The number of rotatable bonds is 2. The van der Waals surface area contributed by atoms with Gasteiger partial charge in [0.25, 0.3) is 5.91 Å². The van der Waals surface area contributed by atoms with Crippen LogP contribution < -0.4 is 0 Å². The van der Waals surface area contributed by atoms with Gasteiger partial charge >= 0.3 is 0 Å². The van der Waals surface area contributed by atoms with Gasteiger partial charge in [-0.1, -0.05) is 18.2 Å². The van der Waals surface area contributed by atoms with Crippen LogP contribution in [0.15, 0.2) is 39.7 Å². The molecule has 0 aliphatic carbocycles. The highest BCUT2D eigenvalue weighted by molar-refractivity contribution is 7.94. The molecule has 1 aromatic carbocycles. The van der Waals surface area contributed by atoms with Crippen molar-refractivity contribution in [2.24, 2.45) is 4.36 Å². The molecule has 1 fully saturated rings. The zero-order valence-electron chi connectivity index (χ0n) is 13.1. The van der Waals surface area contributed by atoms with E-state index >= 15 is 0 Å². The number of nitrogens with zero attached hydrogens (tertiary/aromatic N) is 2. The lowest BCUT2D eigenvalue weighted by atomic mass is 10.2. The van der Waals surface area contributed by atoms with Crippen molar-refractivity contribution in [3.63, 3.8) is 0 Å². The van der Waals surface area contributed by atoms with Gasteiger partial charge in [0, 0.05) is 5.75 Å². The third-order valence-corrected chi connectivity index (χ3v) is 7.61. The number of ether oxygens (including phenoxy) is 2. The summed E-state index contributed by atoms with van der Waals surface area (Å²) in [6, 6.07) is 7.46. The van der Waals surface area contributed by atoms with Gasteiger partial charge in [-0.3, -0.25) is 4.79 Å². The standard InChI is InChI=1S/C16H16N2O4S2/c1-16(21-7-8-22-16)15-17-10-12(23-15)14(19)18-24(20)9-6-11-4-2-3-5-13(11)24/h2-5,10H,6-9H2,1H3. The first kappa shape index (κ1) is 15.9. The monoisotopic (exact) mass is 364 g/mol. The molecule has 1 amide bonds. The molecule has 2 aliphatic rings. The highest BCUT2D eigenvalue weighted by Gasteiger charge is 2.37. The molecular weight excluding hydrogens is 348 g/mol. The molecule has 126 valence electrons. The molecule has 1 saturated heterocycles. The molecule has 0 spiro atoms. The minimum atomic E-state index is -2.69. The Kier molecular flexibility index (Phi) is 3.80. The van der Waals surface area contributed by atoms with E-state index in [0.29, 0.717) is 40.2 Å². The SMILES string of the molecule is CC1(c2ncc(C(=O)N=S3(=O)CCc4ccccc43)s2)OCCO1. The van der Waals surface area contributed by atoms with E-state index in [1.807, 2.05) is 18.2 Å². The van der Waals surface area contributed by atoms with Crippen molar-refractivity contribution in [3.8, 4) is 0 Å². The molecule has 2 aromatic rings. The Morgan fingerprint density at radius 3 is 2.88 bits per heavy atom. The lowest BCUT2D eigenvalue weighted by molar-refractivity contribution is -0.149. The van der Waals surface area contributed by atoms with E-state index in [1.54, 1.807) is 13.0 Å². The number of hydrogen-bond donors (Lipinski definition) is 0. The van der Waals surface area contributed by atoms with Crippen LogP contribution in [0.1, 0.15) is 27.2 Å². The minimum absolute atomic E-state index is 0.345. The highest BCUT2D eigenvalue weighted by atomic mass is 32.2. The van der Waals surface area contributed by atoms with Crippen molar-refractivity contribution < 1.29 is 18.5 Å². The fraction of sp³-hybridized carbons (Fsp3) is 0.375. The second-order valence-electron chi connectivity index (χ2n) is 5.77. The summed E-state index contributed by atoms with van der Waals surface area (Å²) in [5, 5.41) is 0.570. The Hall–Kier alpha value is -1.61. The summed E-state index contributed by atoms with van der Waals surface area (Å²) in [5.41, 5.74) is 1.00. The molecular formula is C16H16N2O4S2. The van der Waals surface area contributed by atoms with Gasteiger partial charge in [-0.05, 0) is 25.0 Å². The van der Waals surface area contributed by atoms with Crippen LogP contribution in [-0.4, -0.2) is 34.1 Å². The molecule has 0 N–H and O–H groups in total. The predicted octanol–water partition coefficient (Wildman–Crippen LogP) is 2.59. The number of carbonyl (C=O) groups excluding carboxylic acids is 1. The van der Waals surface area contributed by atoms with Crippen LogP contribution in [0.3, 0.4) is 0 Å². The van der Waals surface area contributed by atoms with Crippen LogP contribution >= 0.6 is 11.3 Å². The number of fused-ring (bicyclic) bond motifs is 1. The summed E-state index contributed by atoms with van der Waals surface area (Å²) in [5.74, 6) is -1.03. The lowest BCUT2D eigenvalue weighted by Gasteiger charge is -2.18. The number of aromatic nitrogens is 1. The molecule has 6 nitrogen and oxygen atoms in total. The Morgan fingerprint density at radius 2 is 2.08 bits per heavy atom. The summed E-state index contributed by atoms with van der Waals surface area (Å²) in [6.45, 7) is 2.76. The normalized spacial score (nSPS) is 24.7. The van der Waals surface area contributed by atoms with E-state index in [2.05, 4.69) is 9.35 Å². The zero-order chi connectivity index (χ0) is 16.8. The maximum atomic E-state index is 13.1. The Labute approximate surface area is 144 Å². The van der Waals surface area contributed by atoms with Crippen molar-refractivity contribution in [2.45, 2.75) is 24.0 Å². The van der Waals surface area contributed by atoms with E-state index < -0.39 is 21.4 Å². The summed E-state index contributed by atoms with van der Waals surface area (Å²) in [6.07, 6.45) is 2.13. The number of thiazole rings is 1. The molecule has 1 unspecified atom stereocenters. The average molecular weight is 364 g/mol. The largest absolute Gasteiger partial charge is 0.342 e. The molecule has 2 aliphatic heterocycles. The first-order valence-electron chi connectivity index (χ1n) is 7.62. The number of aryl methyl sites for hydroxylation is 1. The van der Waals surface area contributed by atoms with E-state index in [1.165, 1.54) is 17.5 Å². The maximum Gasteiger partial charge on any atom is 0.297 e. The van der Waals surface area contributed by atoms with Crippen molar-refractivity contribution in [1.29, 1.82) is 0 Å². The van der Waals surface area contributed by atoms with Crippen LogP contribution in [0, 0.1) is 0 Å². The third kappa shape index (κ3) is 2.59. The lowest BCUT2D eigenvalue weighted by Crippen LogP contribution is -2.21. The van der Waals surface area contributed by atoms with Crippen molar-refractivity contribution in [2.75, 3.05) is 19.0 Å². The van der Waals surface area contributed by atoms with Crippen molar-refractivity contribution >= 4 is 27.0 Å². The van der Waals surface area contributed by atoms with Crippen LogP contribution in [-0.2, 0) is 31.4 Å². The number of carbonyl (C=O) groups is 1. The molecule has 0 radical (unpaired) electrons. The van der Waals surface area contributed by atoms with Gasteiger partial charge in [0.15, 0.2) is 5.01 Å². The fourth-order valence-electron chi connectivity index (χ4n) is 2.87. The highest BCUT2D eigenvalue weighted by Crippen LogP contribution is 2.34. The topological polar surface area (TPSA) is 77.9 Å². The molecule has 4 rings (SSSR count). The second kappa shape index (κ2) is 5.73. The molecule has 0 saturated carbocycles. The summed E-state index contributed by atoms with van der Waals surface area (Å²) < 4.78 is 28.2. The van der Waals surface area contributed by atoms with E-state index in [9.17, 15) is 9.00 Å². The molecule has 0 bridgehead atoms. The average Bonchev–Trinajstić information content (AvgIpc) is 3.28. The predicted molar refractivity (Wildman–Crippen MR) is 89.5 cm³/mol. The quantitative estimate of drug-likeness (QED) is 0.818. The molecule has 8 heteroatoms. The molecule has 24 heavy (non-hydrogen) atoms. The molecule has 1 aromatic heterocycles. The second-order valence-corrected chi connectivity index (χ2v) is 9.11. The van der Waals surface area contributed by atoms with Gasteiger partial charge in [-0.15, -0.1) is 11.3 Å². The van der Waals surface area contributed by atoms with Crippen LogP contribution in [0.4, 0.5) is 0 Å². The summed E-state index contributed by atoms with van der Waals surface area (Å²) in [4.78, 5) is 17.7. The van der Waals surface area contributed by atoms with E-state index in [-0.39, 0.29) is 0 Å². The van der Waals surface area contributed by atoms with Gasteiger partial charge in [-0.2, -0.15) is 4.36 Å². The van der Waals surface area contributed by atoms with Crippen LogP contribution in [0.5, 0.6) is 0 Å². The summed E-state index contributed by atoms with van der Waals surface area (Å²) >= 11 is 1.17. The minimum Gasteiger partial charge on any atom is -0.342 e. The number of hydrogen-bond acceptors (Lipinski definition) is 6. The maximum absolute atomic E-state index is 13.1. The zero-order valence-corrected chi connectivity index (χ0v) is 14.7. The van der Waals surface area contributed by atoms with Gasteiger partial charge < -0.3 is 9.47 Å².